The SMILES string of the molecule is C#CCNC(=O)c1ccc(C(=O)OC)cc1. The van der Waals surface area contributed by atoms with Crippen molar-refractivity contribution in [1.29, 1.82) is 0 Å². The van der Waals surface area contributed by atoms with Gasteiger partial charge in [0.2, 0.25) is 0 Å². The normalized spacial score (nSPS) is 9.00. The van der Waals surface area contributed by atoms with Crippen LogP contribution in [0.5, 0.6) is 0 Å². The quantitative estimate of drug-likeness (QED) is 0.603. The molecular weight excluding hydrogens is 206 g/mol. The molecule has 0 fully saturated rings. The zero-order valence-corrected chi connectivity index (χ0v) is 8.82. The molecular formula is C12H11NO3. The molecule has 0 aliphatic rings. The smallest absolute Gasteiger partial charge is 0.337 e. The maximum absolute atomic E-state index is 11.4. The van der Waals surface area contributed by atoms with Gasteiger partial charge in [-0.2, -0.15) is 0 Å². The topological polar surface area (TPSA) is 55.4 Å². The van der Waals surface area contributed by atoms with Gasteiger partial charge in [-0.25, -0.2) is 4.79 Å². The van der Waals surface area contributed by atoms with Crippen molar-refractivity contribution in [2.75, 3.05) is 13.7 Å². The number of hydrogen-bond donors (Lipinski definition) is 1. The van der Waals surface area contributed by atoms with Gasteiger partial charge in [0.15, 0.2) is 0 Å². The fourth-order valence-corrected chi connectivity index (χ4v) is 1.11. The Balaban J connectivity index is 2.75. The van der Waals surface area contributed by atoms with Crippen molar-refractivity contribution in [2.24, 2.45) is 0 Å². The van der Waals surface area contributed by atoms with Crippen LogP contribution in [0, 0.1) is 12.3 Å². The number of amides is 1. The zero-order valence-electron chi connectivity index (χ0n) is 8.82. The summed E-state index contributed by atoms with van der Waals surface area (Å²) in [7, 11) is 1.30. The largest absolute Gasteiger partial charge is 0.465 e. The Kier molecular flexibility index (Phi) is 4.10. The molecule has 1 amide bonds. The van der Waals surface area contributed by atoms with Crippen molar-refractivity contribution < 1.29 is 14.3 Å². The highest BCUT2D eigenvalue weighted by Crippen LogP contribution is 2.05. The third-order valence-electron chi connectivity index (χ3n) is 1.92. The highest BCUT2D eigenvalue weighted by atomic mass is 16.5. The molecule has 0 heterocycles. The van der Waals surface area contributed by atoms with E-state index in [1.165, 1.54) is 31.4 Å². The van der Waals surface area contributed by atoms with Crippen LogP contribution in [0.4, 0.5) is 0 Å². The number of rotatable bonds is 3. The minimum absolute atomic E-state index is 0.178. The van der Waals surface area contributed by atoms with E-state index in [9.17, 15) is 9.59 Å². The summed E-state index contributed by atoms with van der Waals surface area (Å²) in [6.45, 7) is 0.178. The van der Waals surface area contributed by atoms with E-state index in [2.05, 4.69) is 16.0 Å². The van der Waals surface area contributed by atoms with E-state index < -0.39 is 5.97 Å². The lowest BCUT2D eigenvalue weighted by Gasteiger charge is -2.02. The molecule has 1 aromatic carbocycles. The molecule has 0 saturated carbocycles. The number of ether oxygens (including phenoxy) is 1. The van der Waals surface area contributed by atoms with Crippen LogP contribution < -0.4 is 5.32 Å². The molecule has 1 aromatic rings. The van der Waals surface area contributed by atoms with Gasteiger partial charge in [0, 0.05) is 5.56 Å². The number of benzene rings is 1. The summed E-state index contributed by atoms with van der Waals surface area (Å²) < 4.78 is 4.54. The van der Waals surface area contributed by atoms with Crippen LogP contribution in [0.25, 0.3) is 0 Å². The first-order valence-electron chi connectivity index (χ1n) is 4.59. The van der Waals surface area contributed by atoms with Crippen molar-refractivity contribution in [2.45, 2.75) is 0 Å². The van der Waals surface area contributed by atoms with Crippen LogP contribution in [0.2, 0.25) is 0 Å². The monoisotopic (exact) mass is 217 g/mol. The minimum atomic E-state index is -0.435. The summed E-state index contributed by atoms with van der Waals surface area (Å²) in [5.74, 6) is 1.60. The van der Waals surface area contributed by atoms with Gasteiger partial charge in [0.05, 0.1) is 19.2 Å². The fourth-order valence-electron chi connectivity index (χ4n) is 1.11. The highest BCUT2D eigenvalue weighted by molar-refractivity contribution is 5.96. The Labute approximate surface area is 93.6 Å². The summed E-state index contributed by atoms with van der Waals surface area (Å²) in [6.07, 6.45) is 5.01. The second-order valence-corrected chi connectivity index (χ2v) is 2.96. The molecule has 0 atom stereocenters. The third kappa shape index (κ3) is 2.85. The lowest BCUT2D eigenvalue weighted by atomic mass is 10.1. The van der Waals surface area contributed by atoms with Crippen molar-refractivity contribution >= 4 is 11.9 Å². The Hall–Kier alpha value is -2.28. The van der Waals surface area contributed by atoms with Crippen LogP contribution in [0.15, 0.2) is 24.3 Å². The van der Waals surface area contributed by atoms with E-state index in [0.717, 1.165) is 0 Å². The molecule has 0 saturated heterocycles. The van der Waals surface area contributed by atoms with Crippen molar-refractivity contribution in [1.82, 2.24) is 5.32 Å². The van der Waals surface area contributed by atoms with Crippen LogP contribution in [-0.4, -0.2) is 25.5 Å². The molecule has 1 rings (SSSR count). The Morgan fingerprint density at radius 2 is 1.88 bits per heavy atom. The van der Waals surface area contributed by atoms with Gasteiger partial charge in [-0.3, -0.25) is 4.79 Å². The minimum Gasteiger partial charge on any atom is -0.465 e. The van der Waals surface area contributed by atoms with Gasteiger partial charge >= 0.3 is 5.97 Å². The van der Waals surface area contributed by atoms with E-state index in [1.54, 1.807) is 0 Å². The average molecular weight is 217 g/mol. The van der Waals surface area contributed by atoms with Gasteiger partial charge in [-0.1, -0.05) is 5.92 Å². The van der Waals surface area contributed by atoms with Crippen molar-refractivity contribution in [3.05, 3.63) is 35.4 Å². The number of esters is 1. The number of nitrogens with one attached hydrogen (secondary N) is 1. The van der Waals surface area contributed by atoms with Crippen LogP contribution >= 0.6 is 0 Å². The van der Waals surface area contributed by atoms with Crippen LogP contribution in [-0.2, 0) is 4.74 Å². The second kappa shape index (κ2) is 5.56. The van der Waals surface area contributed by atoms with Gasteiger partial charge in [-0.15, -0.1) is 6.42 Å². The van der Waals surface area contributed by atoms with E-state index in [4.69, 9.17) is 6.42 Å². The van der Waals surface area contributed by atoms with E-state index in [0.29, 0.717) is 11.1 Å². The zero-order chi connectivity index (χ0) is 12.0. The van der Waals surface area contributed by atoms with Crippen LogP contribution in [0.1, 0.15) is 20.7 Å². The molecule has 0 bridgehead atoms. The molecule has 4 nitrogen and oxygen atoms in total. The Bertz CT molecular complexity index is 429. The van der Waals surface area contributed by atoms with Gasteiger partial charge in [-0.05, 0) is 24.3 Å². The van der Waals surface area contributed by atoms with E-state index >= 15 is 0 Å². The molecule has 0 aliphatic heterocycles. The second-order valence-electron chi connectivity index (χ2n) is 2.96. The van der Waals surface area contributed by atoms with Gasteiger partial charge in [0.1, 0.15) is 0 Å². The lowest BCUT2D eigenvalue weighted by molar-refractivity contribution is 0.0600. The maximum Gasteiger partial charge on any atom is 0.337 e. The number of terminal acetylenes is 1. The first-order valence-corrected chi connectivity index (χ1v) is 4.59. The standard InChI is InChI=1S/C12H11NO3/c1-3-8-13-11(14)9-4-6-10(7-5-9)12(15)16-2/h1,4-7H,8H2,2H3,(H,13,14). The summed E-state index contributed by atoms with van der Waals surface area (Å²) in [6, 6.07) is 6.13. The predicted octanol–water partition coefficient (Wildman–Crippen LogP) is 0.836. The van der Waals surface area contributed by atoms with Gasteiger partial charge < -0.3 is 10.1 Å². The van der Waals surface area contributed by atoms with Gasteiger partial charge in [0.25, 0.3) is 5.91 Å². The summed E-state index contributed by atoms with van der Waals surface area (Å²) in [4.78, 5) is 22.5. The lowest BCUT2D eigenvalue weighted by Crippen LogP contribution is -2.23. The molecule has 0 spiro atoms. The molecule has 16 heavy (non-hydrogen) atoms. The Morgan fingerprint density at radius 3 is 2.38 bits per heavy atom. The molecule has 0 aromatic heterocycles. The molecule has 1 N–H and O–H groups in total. The first kappa shape index (κ1) is 11.8. The Morgan fingerprint density at radius 1 is 1.31 bits per heavy atom. The fraction of sp³-hybridized carbons (Fsp3) is 0.167. The van der Waals surface area contributed by atoms with E-state index in [-0.39, 0.29) is 12.5 Å². The summed E-state index contributed by atoms with van der Waals surface area (Å²) in [5, 5.41) is 2.52. The third-order valence-corrected chi connectivity index (χ3v) is 1.92. The summed E-state index contributed by atoms with van der Waals surface area (Å²) >= 11 is 0. The molecule has 4 heteroatoms. The predicted molar refractivity (Wildman–Crippen MR) is 58.9 cm³/mol. The molecule has 0 aliphatic carbocycles. The average Bonchev–Trinajstić information content (AvgIpc) is 2.35. The van der Waals surface area contributed by atoms with Crippen molar-refractivity contribution in [3.63, 3.8) is 0 Å². The summed E-state index contributed by atoms with van der Waals surface area (Å²) in [5.41, 5.74) is 0.846. The maximum atomic E-state index is 11.4. The number of methoxy groups -OCH3 is 1. The first-order chi connectivity index (χ1) is 7.69. The molecule has 0 radical (unpaired) electrons. The van der Waals surface area contributed by atoms with Crippen LogP contribution in [0.3, 0.4) is 0 Å². The number of hydrogen-bond acceptors (Lipinski definition) is 3. The molecule has 0 unspecified atom stereocenters. The number of carbonyl (C=O) groups is 2. The van der Waals surface area contributed by atoms with Crippen molar-refractivity contribution in [3.8, 4) is 12.3 Å². The molecule has 82 valence electrons. The highest BCUT2D eigenvalue weighted by Gasteiger charge is 2.07. The number of carbonyl (C=O) groups excluding carboxylic acids is 2. The van der Waals surface area contributed by atoms with E-state index in [1.807, 2.05) is 0 Å².